The Morgan fingerprint density at radius 2 is 1.91 bits per heavy atom. The largest absolute Gasteiger partial charge is 0.310 e. The molecule has 7 nitrogen and oxygen atoms in total. The predicted molar refractivity (Wildman–Crippen MR) is 131 cm³/mol. The molecule has 0 unspecified atom stereocenters. The van der Waals surface area contributed by atoms with Crippen LogP contribution in [0.15, 0.2) is 88.0 Å². The second kappa shape index (κ2) is 9.60. The van der Waals surface area contributed by atoms with Crippen LogP contribution in [0.2, 0.25) is 0 Å². The number of para-hydroxylation sites is 1. The Hall–Kier alpha value is -3.43. The second-order valence-electron chi connectivity index (χ2n) is 7.26. The Morgan fingerprint density at radius 1 is 1.06 bits per heavy atom. The lowest BCUT2D eigenvalue weighted by molar-refractivity contribution is -0.113. The molecule has 4 heterocycles. The maximum absolute atomic E-state index is 13.1. The number of amides is 1. The monoisotopic (exact) mass is 473 g/mol. The summed E-state index contributed by atoms with van der Waals surface area (Å²) in [6.45, 7) is 0. The molecule has 33 heavy (non-hydrogen) atoms. The summed E-state index contributed by atoms with van der Waals surface area (Å²) < 4.78 is 1.59. The van der Waals surface area contributed by atoms with Gasteiger partial charge in [-0.2, -0.15) is 0 Å². The number of benzene rings is 1. The molecule has 1 amide bonds. The van der Waals surface area contributed by atoms with E-state index in [1.165, 1.54) is 11.8 Å². The van der Waals surface area contributed by atoms with Gasteiger partial charge in [-0.05, 0) is 30.3 Å². The minimum Gasteiger partial charge on any atom is -0.310 e. The summed E-state index contributed by atoms with van der Waals surface area (Å²) >= 11 is 2.79. The molecule has 1 aromatic carbocycles. The van der Waals surface area contributed by atoms with Gasteiger partial charge in [0.1, 0.15) is 5.82 Å². The van der Waals surface area contributed by atoms with Gasteiger partial charge >= 0.3 is 0 Å². The number of thioether (sulfide) groups is 2. The number of nitrogens with one attached hydrogen (secondary N) is 1. The van der Waals surface area contributed by atoms with Gasteiger partial charge in [0.15, 0.2) is 5.16 Å². The van der Waals surface area contributed by atoms with Gasteiger partial charge in [0.25, 0.3) is 5.56 Å². The summed E-state index contributed by atoms with van der Waals surface area (Å²) in [5, 5.41) is 3.33. The van der Waals surface area contributed by atoms with Crippen molar-refractivity contribution < 1.29 is 4.79 Å². The first-order valence-corrected chi connectivity index (χ1v) is 12.3. The fourth-order valence-electron chi connectivity index (χ4n) is 3.48. The van der Waals surface area contributed by atoms with Crippen molar-refractivity contribution >= 4 is 35.2 Å². The van der Waals surface area contributed by atoms with E-state index >= 15 is 0 Å². The molecule has 5 rings (SSSR count). The maximum Gasteiger partial charge on any atom is 0.272 e. The predicted octanol–water partition coefficient (Wildman–Crippen LogP) is 4.07. The first kappa shape index (κ1) is 21.4. The highest BCUT2D eigenvalue weighted by Crippen LogP contribution is 2.30. The topological polar surface area (TPSA) is 89.8 Å². The molecule has 0 saturated carbocycles. The zero-order valence-electron chi connectivity index (χ0n) is 17.5. The van der Waals surface area contributed by atoms with Crippen molar-refractivity contribution in [2.24, 2.45) is 0 Å². The van der Waals surface area contributed by atoms with Gasteiger partial charge in [-0.1, -0.05) is 36.0 Å². The lowest BCUT2D eigenvalue weighted by Gasteiger charge is -2.13. The summed E-state index contributed by atoms with van der Waals surface area (Å²) in [5.74, 6) is 1.20. The number of anilines is 1. The Bertz CT molecular complexity index is 1340. The average molecular weight is 474 g/mol. The highest BCUT2D eigenvalue weighted by molar-refractivity contribution is 8.00. The second-order valence-corrected chi connectivity index (χ2v) is 9.30. The van der Waals surface area contributed by atoms with E-state index in [9.17, 15) is 9.59 Å². The summed E-state index contributed by atoms with van der Waals surface area (Å²) in [4.78, 5) is 39.6. The van der Waals surface area contributed by atoms with E-state index in [-0.39, 0.29) is 17.2 Å². The first-order valence-electron chi connectivity index (χ1n) is 10.3. The molecule has 164 valence electrons. The maximum atomic E-state index is 13.1. The van der Waals surface area contributed by atoms with Crippen LogP contribution in [-0.4, -0.2) is 36.9 Å². The molecule has 0 fully saturated rings. The number of nitrogens with zero attached hydrogens (tertiary/aromatic N) is 4. The highest BCUT2D eigenvalue weighted by atomic mass is 32.2. The molecule has 3 aromatic heterocycles. The van der Waals surface area contributed by atoms with E-state index < -0.39 is 0 Å². The Kier molecular flexibility index (Phi) is 6.23. The number of hydrogen-bond donors (Lipinski definition) is 1. The minimum absolute atomic E-state index is 0.0794. The van der Waals surface area contributed by atoms with E-state index in [4.69, 9.17) is 4.98 Å². The summed E-state index contributed by atoms with van der Waals surface area (Å²) in [6, 6.07) is 16.9. The molecule has 0 saturated heterocycles. The smallest absolute Gasteiger partial charge is 0.272 e. The third kappa shape index (κ3) is 4.69. The van der Waals surface area contributed by atoms with Gasteiger partial charge in [-0.25, -0.2) is 9.97 Å². The van der Waals surface area contributed by atoms with Gasteiger partial charge in [0.05, 0.1) is 22.0 Å². The van der Waals surface area contributed by atoms with E-state index in [0.717, 1.165) is 34.7 Å². The van der Waals surface area contributed by atoms with Crippen LogP contribution < -0.4 is 10.9 Å². The fraction of sp³-hybridized carbons (Fsp3) is 0.125. The third-order valence-electron chi connectivity index (χ3n) is 5.04. The number of carbonyl (C=O) groups excluding carboxylic acids is 1. The highest BCUT2D eigenvalue weighted by Gasteiger charge is 2.23. The fourth-order valence-corrected chi connectivity index (χ4v) is 5.33. The summed E-state index contributed by atoms with van der Waals surface area (Å²) in [5.41, 5.74) is 3.35. The number of carbonyl (C=O) groups is 1. The van der Waals surface area contributed by atoms with Crippen LogP contribution in [0.25, 0.3) is 16.8 Å². The standard InChI is InChI=1S/C24H19N5O2S2/c30-21(28-20-9-8-17(14-26-20)16-5-4-11-25-13-16)15-33-24-27-19-10-12-32-22(19)23(31)29(24)18-6-2-1-3-7-18/h1-9,11,13-14H,10,12,15H2,(H,26,28,30). The summed E-state index contributed by atoms with van der Waals surface area (Å²) in [6.07, 6.45) is 5.94. The quantitative estimate of drug-likeness (QED) is 0.333. The number of aryl methyl sites for hydroxylation is 1. The van der Waals surface area contributed by atoms with Crippen LogP contribution >= 0.6 is 23.5 Å². The number of pyridine rings is 2. The third-order valence-corrected chi connectivity index (χ3v) is 7.08. The van der Waals surface area contributed by atoms with Crippen LogP contribution in [0.4, 0.5) is 5.82 Å². The van der Waals surface area contributed by atoms with Crippen molar-refractivity contribution in [1.29, 1.82) is 0 Å². The molecule has 1 N–H and O–H groups in total. The molecule has 0 aliphatic carbocycles. The van der Waals surface area contributed by atoms with Crippen molar-refractivity contribution in [2.45, 2.75) is 16.5 Å². The molecule has 0 spiro atoms. The van der Waals surface area contributed by atoms with Crippen LogP contribution in [-0.2, 0) is 11.2 Å². The van der Waals surface area contributed by atoms with Gasteiger partial charge in [0, 0.05) is 41.9 Å². The lowest BCUT2D eigenvalue weighted by atomic mass is 10.1. The van der Waals surface area contributed by atoms with E-state index in [1.807, 2.05) is 48.5 Å². The molecule has 9 heteroatoms. The van der Waals surface area contributed by atoms with Gasteiger partial charge < -0.3 is 5.32 Å². The molecular formula is C24H19N5O2S2. The molecule has 1 aliphatic heterocycles. The van der Waals surface area contributed by atoms with Crippen molar-refractivity contribution in [1.82, 2.24) is 19.5 Å². The van der Waals surface area contributed by atoms with Crippen molar-refractivity contribution in [3.05, 3.63) is 89.2 Å². The first-order chi connectivity index (χ1) is 16.2. The van der Waals surface area contributed by atoms with Crippen molar-refractivity contribution in [3.8, 4) is 16.8 Å². The van der Waals surface area contributed by atoms with E-state index in [2.05, 4.69) is 15.3 Å². The molecular weight excluding hydrogens is 454 g/mol. The van der Waals surface area contributed by atoms with Crippen LogP contribution in [0.5, 0.6) is 0 Å². The van der Waals surface area contributed by atoms with Crippen molar-refractivity contribution in [2.75, 3.05) is 16.8 Å². The Labute approximate surface area is 198 Å². The van der Waals surface area contributed by atoms with Crippen LogP contribution in [0.1, 0.15) is 5.69 Å². The Morgan fingerprint density at radius 3 is 2.67 bits per heavy atom. The molecule has 1 aliphatic rings. The van der Waals surface area contributed by atoms with E-state index in [1.54, 1.807) is 41.0 Å². The average Bonchev–Trinajstić information content (AvgIpc) is 3.33. The Balaban J connectivity index is 1.32. The number of rotatable bonds is 6. The molecule has 4 aromatic rings. The van der Waals surface area contributed by atoms with E-state index in [0.29, 0.717) is 15.9 Å². The van der Waals surface area contributed by atoms with Gasteiger partial charge in [0.2, 0.25) is 5.91 Å². The summed E-state index contributed by atoms with van der Waals surface area (Å²) in [7, 11) is 0. The SMILES string of the molecule is O=C(CSc1nc2c(c(=O)n1-c1ccccc1)SCC2)Nc1ccc(-c2cccnc2)cn1. The molecule has 0 atom stereocenters. The zero-order chi connectivity index (χ0) is 22.6. The molecule has 0 radical (unpaired) electrons. The number of fused-ring (bicyclic) bond motifs is 1. The van der Waals surface area contributed by atoms with Crippen LogP contribution in [0, 0.1) is 0 Å². The zero-order valence-corrected chi connectivity index (χ0v) is 19.1. The van der Waals surface area contributed by atoms with Crippen molar-refractivity contribution in [3.63, 3.8) is 0 Å². The normalized spacial score (nSPS) is 12.4. The van der Waals surface area contributed by atoms with Gasteiger partial charge in [-0.15, -0.1) is 11.8 Å². The number of hydrogen-bond acceptors (Lipinski definition) is 7. The molecule has 0 bridgehead atoms. The van der Waals surface area contributed by atoms with Gasteiger partial charge in [-0.3, -0.25) is 19.1 Å². The lowest BCUT2D eigenvalue weighted by Crippen LogP contribution is -2.24. The minimum atomic E-state index is -0.217. The van der Waals surface area contributed by atoms with Crippen LogP contribution in [0.3, 0.4) is 0 Å². The number of aromatic nitrogens is 4.